The molecule has 3 radical (unpaired) electrons. The molecule has 0 aliphatic carbocycles. The number of nitrogens with zero attached hydrogens (tertiary/aromatic N) is 2. The Hall–Kier alpha value is -2.29. The molecule has 2 saturated heterocycles. The second-order valence-corrected chi connectivity index (χ2v) is 10.0. The van der Waals surface area contributed by atoms with Crippen LogP contribution < -0.4 is 4.90 Å². The van der Waals surface area contributed by atoms with Crippen molar-refractivity contribution in [1.82, 2.24) is 0 Å². The Morgan fingerprint density at radius 1 is 1.16 bits per heavy atom. The van der Waals surface area contributed by atoms with Crippen LogP contribution in [0.15, 0.2) is 58.0 Å². The first-order chi connectivity index (χ1) is 15.4. The molecule has 0 N–H and O–H groups in total. The zero-order valence-electron chi connectivity index (χ0n) is 17.6. The minimum Gasteiger partial charge on any atom is -0.444 e. The molecule has 0 aromatic heterocycles. The summed E-state index contributed by atoms with van der Waals surface area (Å²) in [7, 11) is 3.61. The Balaban J connectivity index is 1.32. The molecule has 1 unspecified atom stereocenters. The maximum Gasteiger partial charge on any atom is 0.414 e. The topological polar surface area (TPSA) is 68.2 Å². The second-order valence-electron chi connectivity index (χ2n) is 8.18. The van der Waals surface area contributed by atoms with Gasteiger partial charge in [0.1, 0.15) is 11.8 Å². The third-order valence-electron chi connectivity index (χ3n) is 5.71. The maximum atomic E-state index is 12.5. The predicted molar refractivity (Wildman–Crippen MR) is 128 cm³/mol. The fourth-order valence-electron chi connectivity index (χ4n) is 3.87. The fourth-order valence-corrected chi connectivity index (χ4v) is 4.47. The Labute approximate surface area is 199 Å². The van der Waals surface area contributed by atoms with E-state index in [1.807, 2.05) is 48.5 Å². The zero-order valence-corrected chi connectivity index (χ0v) is 20.2. The lowest BCUT2D eigenvalue weighted by atomic mass is 9.92. The molecule has 2 aromatic rings. The molecule has 165 valence electrons. The number of aryl methyl sites for hydroxylation is 1. The zero-order chi connectivity index (χ0) is 22.6. The van der Waals surface area contributed by atoms with Crippen LogP contribution in [-0.4, -0.2) is 59.9 Å². The number of halogens is 1. The molecule has 8 heteroatoms. The van der Waals surface area contributed by atoms with Crippen LogP contribution in [0.2, 0.25) is 0 Å². The molecule has 2 atom stereocenters. The molecule has 2 aliphatic rings. The summed E-state index contributed by atoms with van der Waals surface area (Å²) in [5.41, 5.74) is 2.89. The number of carbonyl (C=O) groups excluding carboxylic acids is 2. The number of cyclic esters (lactones) is 1. The summed E-state index contributed by atoms with van der Waals surface area (Å²) in [6.07, 6.45) is 3.82. The van der Waals surface area contributed by atoms with Gasteiger partial charge in [-0.1, -0.05) is 40.2 Å². The number of ketones is 1. The number of ether oxygens (including phenoxy) is 2. The van der Waals surface area contributed by atoms with Crippen molar-refractivity contribution >= 4 is 50.0 Å². The molecule has 6 nitrogen and oxygen atoms in total. The quantitative estimate of drug-likeness (QED) is 0.417. The van der Waals surface area contributed by atoms with Gasteiger partial charge in [0, 0.05) is 28.9 Å². The molecular weight excluding hydrogens is 488 g/mol. The molecule has 0 spiro atoms. The van der Waals surface area contributed by atoms with Crippen LogP contribution in [0, 0.1) is 5.92 Å². The van der Waals surface area contributed by atoms with Crippen molar-refractivity contribution in [3.05, 3.63) is 64.1 Å². The van der Waals surface area contributed by atoms with Crippen LogP contribution in [0.1, 0.15) is 24.0 Å². The maximum absolute atomic E-state index is 12.5. The summed E-state index contributed by atoms with van der Waals surface area (Å²) in [5.74, 6) is 0.285. The number of carbonyl (C=O) groups is 2. The highest BCUT2D eigenvalue weighted by molar-refractivity contribution is 9.10. The lowest BCUT2D eigenvalue weighted by Crippen LogP contribution is -2.38. The van der Waals surface area contributed by atoms with Gasteiger partial charge in [-0.3, -0.25) is 14.7 Å². The highest BCUT2D eigenvalue weighted by Gasteiger charge is 2.41. The molecule has 2 heterocycles. The first-order valence-electron chi connectivity index (χ1n) is 10.6. The van der Waals surface area contributed by atoms with E-state index in [1.165, 1.54) is 0 Å². The van der Waals surface area contributed by atoms with Crippen molar-refractivity contribution in [2.24, 2.45) is 10.9 Å². The number of hydrogen-bond donors (Lipinski definition) is 0. The summed E-state index contributed by atoms with van der Waals surface area (Å²) in [5, 5.41) is -0.870. The highest BCUT2D eigenvalue weighted by atomic mass is 79.9. The largest absolute Gasteiger partial charge is 0.444 e. The lowest BCUT2D eigenvalue weighted by molar-refractivity contribution is -0.132. The predicted octanol–water partition coefficient (Wildman–Crippen LogP) is 3.93. The molecule has 0 bridgehead atoms. The van der Waals surface area contributed by atoms with Gasteiger partial charge in [0.25, 0.3) is 0 Å². The van der Waals surface area contributed by atoms with E-state index in [4.69, 9.17) is 9.47 Å². The molecule has 1 amide bonds. The van der Waals surface area contributed by atoms with E-state index < -0.39 is 11.3 Å². The summed E-state index contributed by atoms with van der Waals surface area (Å²) in [6.45, 7) is 1.56. The van der Waals surface area contributed by atoms with Crippen molar-refractivity contribution in [3.8, 4) is 0 Å². The Morgan fingerprint density at radius 3 is 2.62 bits per heavy atom. The van der Waals surface area contributed by atoms with Crippen LogP contribution >= 0.6 is 15.9 Å². The monoisotopic (exact) mass is 511 g/mol. The van der Waals surface area contributed by atoms with Crippen molar-refractivity contribution in [3.63, 3.8) is 0 Å². The summed E-state index contributed by atoms with van der Waals surface area (Å²) in [4.78, 5) is 30.4. The van der Waals surface area contributed by atoms with Gasteiger partial charge in [0.05, 0.1) is 23.3 Å². The van der Waals surface area contributed by atoms with Gasteiger partial charge in [-0.25, -0.2) is 4.79 Å². The molecule has 2 aromatic carbocycles. The van der Waals surface area contributed by atoms with E-state index >= 15 is 0 Å². The number of benzene rings is 2. The van der Waals surface area contributed by atoms with Gasteiger partial charge in [0.2, 0.25) is 0 Å². The minimum atomic E-state index is -0.870. The molecule has 0 saturated carbocycles. The van der Waals surface area contributed by atoms with E-state index in [0.717, 1.165) is 40.5 Å². The Bertz CT molecular complexity index is 996. The van der Waals surface area contributed by atoms with Gasteiger partial charge >= 0.3 is 6.09 Å². The first kappa shape index (κ1) is 22.9. The van der Waals surface area contributed by atoms with Gasteiger partial charge in [-0.2, -0.15) is 0 Å². The number of hydrogen-bond acceptors (Lipinski definition) is 5. The number of amides is 1. The van der Waals surface area contributed by atoms with Crippen LogP contribution in [0.25, 0.3) is 0 Å². The summed E-state index contributed by atoms with van der Waals surface area (Å²) >= 11 is 3.41. The molecule has 4 rings (SSSR count). The smallest absolute Gasteiger partial charge is 0.414 e. The van der Waals surface area contributed by atoms with E-state index in [2.05, 4.69) is 31.2 Å². The third-order valence-corrected chi connectivity index (χ3v) is 6.66. The van der Waals surface area contributed by atoms with Gasteiger partial charge in [0.15, 0.2) is 5.78 Å². The van der Waals surface area contributed by atoms with Gasteiger partial charge < -0.3 is 9.47 Å². The van der Waals surface area contributed by atoms with Crippen molar-refractivity contribution in [1.29, 1.82) is 0 Å². The Morgan fingerprint density at radius 2 is 1.91 bits per heavy atom. The van der Waals surface area contributed by atoms with Gasteiger partial charge in [-0.05, 0) is 54.7 Å². The van der Waals surface area contributed by atoms with Crippen LogP contribution in [0.4, 0.5) is 10.5 Å². The van der Waals surface area contributed by atoms with Crippen LogP contribution in [0.3, 0.4) is 0 Å². The standard InChI is InChI=1S/C24H24BrN2O4Si/c25-20-7-2-18(3-8-20)13-26-15-24(32)16-27(23(29)31-24)21-9-4-17(5-10-21)1-6-19-11-12-30-14-22(19)28/h2-5,7-10,13,19H,1,6,11-12,14-16H2/t19?,24-/m1/s1. The molecule has 32 heavy (non-hydrogen) atoms. The van der Waals surface area contributed by atoms with E-state index in [-0.39, 0.29) is 18.3 Å². The third kappa shape index (κ3) is 5.73. The molecule has 2 fully saturated rings. The van der Waals surface area contributed by atoms with Gasteiger partial charge in [-0.15, -0.1) is 0 Å². The van der Waals surface area contributed by atoms with E-state index in [0.29, 0.717) is 19.7 Å². The average Bonchev–Trinajstić information content (AvgIpc) is 3.09. The minimum absolute atomic E-state index is 0.0868. The SMILES string of the molecule is O=C1COCCC1CCc1ccc(N2C[C@]([Si])(CN=Cc3ccc(Br)cc3)OC2=O)cc1. The van der Waals surface area contributed by atoms with E-state index in [1.54, 1.807) is 11.1 Å². The fraction of sp³-hybridized carbons (Fsp3) is 0.375. The lowest BCUT2D eigenvalue weighted by Gasteiger charge is -2.21. The van der Waals surface area contributed by atoms with E-state index in [9.17, 15) is 9.59 Å². The average molecular weight is 512 g/mol. The van der Waals surface area contributed by atoms with Crippen molar-refractivity contribution in [2.75, 3.05) is 31.2 Å². The molecule has 2 aliphatic heterocycles. The second kappa shape index (κ2) is 10.1. The number of anilines is 1. The number of aliphatic imine (C=N–C) groups is 1. The number of rotatable bonds is 7. The van der Waals surface area contributed by atoms with Crippen molar-refractivity contribution in [2.45, 2.75) is 24.5 Å². The van der Waals surface area contributed by atoms with Crippen molar-refractivity contribution < 1.29 is 19.1 Å². The van der Waals surface area contributed by atoms with Crippen LogP contribution in [-0.2, 0) is 20.7 Å². The van der Waals surface area contributed by atoms with Crippen LogP contribution in [0.5, 0.6) is 0 Å². The Kier molecular flexibility index (Phi) is 7.22. The summed E-state index contributed by atoms with van der Waals surface area (Å²) in [6, 6.07) is 15.7. The highest BCUT2D eigenvalue weighted by Crippen LogP contribution is 2.27. The molecular formula is C24H24BrN2O4Si. The normalized spacial score (nSPS) is 23.7. The number of Topliss-reactive ketones (excluding diaryl/α,β-unsaturated/α-hetero) is 1. The first-order valence-corrected chi connectivity index (χ1v) is 11.9. The summed E-state index contributed by atoms with van der Waals surface area (Å²) < 4.78 is 11.8.